The van der Waals surface area contributed by atoms with E-state index in [9.17, 15) is 13.2 Å². The third-order valence-electron chi connectivity index (χ3n) is 3.88. The molecule has 0 bridgehead atoms. The topological polar surface area (TPSA) is 92.7 Å². The Bertz CT molecular complexity index is 656. The smallest absolute Gasteiger partial charge is 0.321 e. The molecular formula is C16H23NO5S. The van der Waals surface area contributed by atoms with Crippen LogP contribution in [0, 0.1) is 0 Å². The third kappa shape index (κ3) is 5.21. The molecule has 6 nitrogen and oxygen atoms in total. The highest BCUT2D eigenvalue weighted by atomic mass is 32.2. The molecule has 2 N–H and O–H groups in total. The highest BCUT2D eigenvalue weighted by Crippen LogP contribution is 2.26. The number of hydrogen-bond donors (Lipinski definition) is 2. The number of fused-ring (bicyclic) bond motifs is 1. The first-order chi connectivity index (χ1) is 10.9. The highest BCUT2D eigenvalue weighted by Gasteiger charge is 2.23. The Balaban J connectivity index is 1.93. The van der Waals surface area contributed by atoms with Gasteiger partial charge in [-0.1, -0.05) is 31.9 Å². The number of aliphatic carboxylic acids is 1. The maximum atomic E-state index is 12.1. The van der Waals surface area contributed by atoms with Gasteiger partial charge in [0.15, 0.2) is 0 Å². The molecule has 1 atom stereocenters. The van der Waals surface area contributed by atoms with Gasteiger partial charge in [-0.3, -0.25) is 4.79 Å². The van der Waals surface area contributed by atoms with Crippen LogP contribution in [-0.4, -0.2) is 37.9 Å². The molecule has 0 fully saturated rings. The Labute approximate surface area is 136 Å². The molecule has 0 saturated heterocycles. The molecule has 1 aromatic rings. The number of nitrogens with one attached hydrogen (secondary N) is 1. The van der Waals surface area contributed by atoms with Crippen LogP contribution in [0.2, 0.25) is 0 Å². The van der Waals surface area contributed by atoms with Crippen molar-refractivity contribution < 1.29 is 23.1 Å². The van der Waals surface area contributed by atoms with Crippen molar-refractivity contribution >= 4 is 16.0 Å². The maximum absolute atomic E-state index is 12.1. The monoisotopic (exact) mass is 341 g/mol. The van der Waals surface area contributed by atoms with Crippen LogP contribution < -0.4 is 9.46 Å². The molecule has 0 spiro atoms. The van der Waals surface area contributed by atoms with E-state index < -0.39 is 22.0 Å². The van der Waals surface area contributed by atoms with Gasteiger partial charge in [-0.15, -0.1) is 0 Å². The summed E-state index contributed by atoms with van der Waals surface area (Å²) in [7, 11) is -3.63. The first-order valence-corrected chi connectivity index (χ1v) is 9.54. The zero-order valence-corrected chi connectivity index (χ0v) is 14.1. The molecule has 1 aliphatic rings. The highest BCUT2D eigenvalue weighted by molar-refractivity contribution is 7.89. The summed E-state index contributed by atoms with van der Waals surface area (Å²) in [4.78, 5) is 11.1. The van der Waals surface area contributed by atoms with Crippen LogP contribution in [0.25, 0.3) is 0 Å². The van der Waals surface area contributed by atoms with Crippen LogP contribution in [0.15, 0.2) is 18.2 Å². The van der Waals surface area contributed by atoms with Crippen LogP contribution in [0.1, 0.15) is 37.3 Å². The number of ether oxygens (including phenoxy) is 1. The van der Waals surface area contributed by atoms with Crippen LogP contribution in [-0.2, 0) is 27.7 Å². The molecular weight excluding hydrogens is 318 g/mol. The summed E-state index contributed by atoms with van der Waals surface area (Å²) >= 11 is 0. The summed E-state index contributed by atoms with van der Waals surface area (Å²) in [6.07, 6.45) is 2.99. The molecule has 1 aromatic carbocycles. The molecule has 0 saturated carbocycles. The Morgan fingerprint density at radius 1 is 1.43 bits per heavy atom. The predicted octanol–water partition coefficient (Wildman–Crippen LogP) is 1.73. The third-order valence-corrected chi connectivity index (χ3v) is 5.26. The Kier molecular flexibility index (Phi) is 6.01. The molecule has 1 heterocycles. The van der Waals surface area contributed by atoms with Crippen molar-refractivity contribution in [2.45, 2.75) is 45.1 Å². The van der Waals surface area contributed by atoms with Crippen LogP contribution in [0.5, 0.6) is 5.75 Å². The lowest BCUT2D eigenvalue weighted by Crippen LogP contribution is -2.42. The fraction of sp³-hybridized carbons (Fsp3) is 0.562. The van der Waals surface area contributed by atoms with Crippen molar-refractivity contribution in [1.82, 2.24) is 4.72 Å². The van der Waals surface area contributed by atoms with Gasteiger partial charge < -0.3 is 9.84 Å². The summed E-state index contributed by atoms with van der Waals surface area (Å²) in [5.74, 6) is -0.389. The maximum Gasteiger partial charge on any atom is 0.321 e. The number of benzene rings is 1. The van der Waals surface area contributed by atoms with Gasteiger partial charge in [-0.2, -0.15) is 0 Å². The molecule has 0 amide bonds. The number of unbranched alkanes of at least 4 members (excludes halogenated alkanes) is 1. The molecule has 0 radical (unpaired) electrons. The lowest BCUT2D eigenvalue weighted by Gasteiger charge is -2.14. The van der Waals surface area contributed by atoms with Gasteiger partial charge in [0.25, 0.3) is 0 Å². The van der Waals surface area contributed by atoms with E-state index in [1.165, 1.54) is 0 Å². The molecule has 0 unspecified atom stereocenters. The summed E-state index contributed by atoms with van der Waals surface area (Å²) in [6.45, 7) is 2.60. The van der Waals surface area contributed by atoms with Crippen molar-refractivity contribution in [1.29, 1.82) is 0 Å². The quantitative estimate of drug-likeness (QED) is 0.713. The summed E-state index contributed by atoms with van der Waals surface area (Å²) in [6, 6.07) is 4.63. The van der Waals surface area contributed by atoms with E-state index in [1.54, 1.807) is 0 Å². The van der Waals surface area contributed by atoms with E-state index in [-0.39, 0.29) is 5.75 Å². The number of hydrogen-bond acceptors (Lipinski definition) is 4. The molecule has 0 aromatic heterocycles. The minimum Gasteiger partial charge on any atom is -0.493 e. The SMILES string of the molecule is CCCC[C@H](NS(=O)(=O)CCc1ccc2c(c1)CCO2)C(=O)O. The predicted molar refractivity (Wildman–Crippen MR) is 87.2 cm³/mol. The number of carboxylic acids is 1. The molecule has 23 heavy (non-hydrogen) atoms. The van der Waals surface area contributed by atoms with E-state index in [1.807, 2.05) is 25.1 Å². The number of aryl methyl sites for hydroxylation is 1. The number of rotatable bonds is 9. The van der Waals surface area contributed by atoms with Gasteiger partial charge in [-0.25, -0.2) is 13.1 Å². The Hall–Kier alpha value is -1.60. The number of carboxylic acid groups (broad SMARTS) is 1. The van der Waals surface area contributed by atoms with Gasteiger partial charge in [-0.05, 0) is 30.0 Å². The first-order valence-electron chi connectivity index (χ1n) is 7.88. The van der Waals surface area contributed by atoms with Gasteiger partial charge in [0.05, 0.1) is 12.4 Å². The van der Waals surface area contributed by atoms with Crippen LogP contribution in [0.3, 0.4) is 0 Å². The number of carbonyl (C=O) groups is 1. The fourth-order valence-corrected chi connectivity index (χ4v) is 3.84. The number of sulfonamides is 1. The molecule has 128 valence electrons. The summed E-state index contributed by atoms with van der Waals surface area (Å²) in [5.41, 5.74) is 2.01. The Morgan fingerprint density at radius 2 is 2.22 bits per heavy atom. The first kappa shape index (κ1) is 17.7. The second kappa shape index (κ2) is 7.79. The molecule has 1 aliphatic heterocycles. The molecule has 0 aliphatic carbocycles. The largest absolute Gasteiger partial charge is 0.493 e. The van der Waals surface area contributed by atoms with E-state index >= 15 is 0 Å². The van der Waals surface area contributed by atoms with Crippen LogP contribution in [0.4, 0.5) is 0 Å². The van der Waals surface area contributed by atoms with Crippen molar-refractivity contribution in [2.75, 3.05) is 12.4 Å². The lowest BCUT2D eigenvalue weighted by atomic mass is 10.1. The second-order valence-corrected chi connectivity index (χ2v) is 7.63. The minimum atomic E-state index is -3.63. The van der Waals surface area contributed by atoms with E-state index in [0.29, 0.717) is 25.9 Å². The average molecular weight is 341 g/mol. The lowest BCUT2D eigenvalue weighted by molar-refractivity contribution is -0.139. The van der Waals surface area contributed by atoms with Gasteiger partial charge in [0.1, 0.15) is 11.8 Å². The van der Waals surface area contributed by atoms with Crippen molar-refractivity contribution in [3.8, 4) is 5.75 Å². The zero-order valence-electron chi connectivity index (χ0n) is 13.2. The Morgan fingerprint density at radius 3 is 2.91 bits per heavy atom. The normalized spacial score (nSPS) is 15.0. The zero-order chi connectivity index (χ0) is 16.9. The van der Waals surface area contributed by atoms with Gasteiger partial charge in [0.2, 0.25) is 10.0 Å². The molecule has 2 rings (SSSR count). The van der Waals surface area contributed by atoms with E-state index in [2.05, 4.69) is 4.72 Å². The minimum absolute atomic E-state index is 0.122. The second-order valence-electron chi connectivity index (χ2n) is 5.76. The van der Waals surface area contributed by atoms with Crippen molar-refractivity contribution in [2.24, 2.45) is 0 Å². The average Bonchev–Trinajstić information content (AvgIpc) is 2.97. The summed E-state index contributed by atoms with van der Waals surface area (Å²) < 4.78 is 32.0. The van der Waals surface area contributed by atoms with E-state index in [0.717, 1.165) is 29.7 Å². The van der Waals surface area contributed by atoms with E-state index in [4.69, 9.17) is 9.84 Å². The van der Waals surface area contributed by atoms with Gasteiger partial charge in [0, 0.05) is 6.42 Å². The van der Waals surface area contributed by atoms with Gasteiger partial charge >= 0.3 is 5.97 Å². The summed E-state index contributed by atoms with van der Waals surface area (Å²) in [5, 5.41) is 9.11. The van der Waals surface area contributed by atoms with Crippen LogP contribution >= 0.6 is 0 Å². The van der Waals surface area contributed by atoms with Crippen molar-refractivity contribution in [3.63, 3.8) is 0 Å². The molecule has 7 heteroatoms. The van der Waals surface area contributed by atoms with Crippen molar-refractivity contribution in [3.05, 3.63) is 29.3 Å². The standard InChI is InChI=1S/C16H23NO5S/c1-2-3-4-14(16(18)19)17-23(20,21)10-8-12-5-6-15-13(11-12)7-9-22-15/h5-6,11,14,17H,2-4,7-10H2,1H3,(H,18,19)/t14-/m0/s1. The fourth-order valence-electron chi connectivity index (χ4n) is 2.56.